The number of carbonyl (C=O) groups is 4. The first-order chi connectivity index (χ1) is 19.9. The number of carbonyl (C=O) groups excluding carboxylic acids is 4. The summed E-state index contributed by atoms with van der Waals surface area (Å²) in [6.07, 6.45) is 1.91. The van der Waals surface area contributed by atoms with Crippen LogP contribution in [-0.2, 0) is 21.4 Å². The molecule has 214 valence electrons. The van der Waals surface area contributed by atoms with Crippen LogP contribution >= 0.6 is 22.6 Å². The second kappa shape index (κ2) is 9.24. The molecule has 12 nitrogen and oxygen atoms in total. The number of methoxy groups -OCH3 is 1. The molecule has 13 heteroatoms. The lowest BCUT2D eigenvalue weighted by atomic mass is 9.76. The van der Waals surface area contributed by atoms with Crippen molar-refractivity contribution in [1.82, 2.24) is 4.98 Å². The molecule has 6 rings (SSSR count). The zero-order valence-electron chi connectivity index (χ0n) is 22.2. The number of ketones is 4. The monoisotopic (exact) mass is 684 g/mol. The van der Waals surface area contributed by atoms with Crippen LogP contribution in [0.4, 0.5) is 0 Å². The first-order valence-electron chi connectivity index (χ1n) is 12.7. The minimum absolute atomic E-state index is 0.120. The maximum Gasteiger partial charge on any atom is 0.260 e. The number of pyridine rings is 1. The molecule has 0 saturated carbocycles. The maximum absolute atomic E-state index is 14.1. The van der Waals surface area contributed by atoms with Gasteiger partial charge in [-0.25, -0.2) is 0 Å². The smallest absolute Gasteiger partial charge is 0.260 e. The Balaban J connectivity index is 1.59. The van der Waals surface area contributed by atoms with E-state index in [9.17, 15) is 39.3 Å². The van der Waals surface area contributed by atoms with Crippen molar-refractivity contribution in [1.29, 1.82) is 0 Å². The molecule has 0 unspecified atom stereocenters. The van der Waals surface area contributed by atoms with Crippen molar-refractivity contribution in [3.8, 4) is 17.2 Å². The van der Waals surface area contributed by atoms with Gasteiger partial charge in [0.15, 0.2) is 23.1 Å². The number of phenols is 3. The number of ether oxygens (including phenoxy) is 1. The summed E-state index contributed by atoms with van der Waals surface area (Å²) >= 11 is 1.97. The van der Waals surface area contributed by atoms with Gasteiger partial charge in [-0.1, -0.05) is 5.16 Å². The van der Waals surface area contributed by atoms with Crippen molar-refractivity contribution in [2.24, 2.45) is 5.16 Å². The lowest BCUT2D eigenvalue weighted by molar-refractivity contribution is 0.0790. The Hall–Kier alpha value is -4.53. The molecule has 3 aliphatic rings. The van der Waals surface area contributed by atoms with Crippen LogP contribution in [-0.4, -0.2) is 62.9 Å². The highest BCUT2D eigenvalue weighted by molar-refractivity contribution is 14.1. The molecule has 1 atom stereocenters. The number of H-pyrrole nitrogens is 1. The van der Waals surface area contributed by atoms with Gasteiger partial charge < -0.3 is 29.9 Å². The van der Waals surface area contributed by atoms with E-state index in [1.54, 1.807) is 19.9 Å². The fourth-order valence-electron chi connectivity index (χ4n) is 6.08. The van der Waals surface area contributed by atoms with E-state index in [2.05, 4.69) is 10.1 Å². The van der Waals surface area contributed by atoms with Crippen LogP contribution < -0.4 is 5.56 Å². The lowest BCUT2D eigenvalue weighted by Crippen LogP contribution is -2.36. The largest absolute Gasteiger partial charge is 0.507 e. The van der Waals surface area contributed by atoms with Crippen LogP contribution in [0.3, 0.4) is 0 Å². The number of aromatic nitrogens is 1. The highest BCUT2D eigenvalue weighted by Gasteiger charge is 2.62. The third-order valence-corrected chi connectivity index (χ3v) is 9.06. The van der Waals surface area contributed by atoms with E-state index in [4.69, 9.17) is 9.57 Å². The van der Waals surface area contributed by atoms with Gasteiger partial charge in [0.25, 0.3) is 5.56 Å². The number of hydrogen-bond donors (Lipinski definition) is 4. The van der Waals surface area contributed by atoms with Gasteiger partial charge in [-0.3, -0.25) is 24.0 Å². The molecule has 3 aliphatic carbocycles. The van der Waals surface area contributed by atoms with Crippen molar-refractivity contribution >= 4 is 62.7 Å². The number of hydrogen-bond acceptors (Lipinski definition) is 11. The number of nitrogens with one attached hydrogen (secondary N) is 1. The summed E-state index contributed by atoms with van der Waals surface area (Å²) in [5.74, 6) is -6.68. The SMILES string of the molecule is COC1=CC(=O)c2c(O)c3c(c(O)c2C1=O)C(=O)[C@]1(CCc2c1c(O)c1c(=O)[nH]c(C=NOC(C)C)cc1c2I)C3=O. The number of rotatable bonds is 4. The topological polar surface area (TPSA) is 193 Å². The molecule has 0 radical (unpaired) electrons. The Morgan fingerprint density at radius 1 is 1.00 bits per heavy atom. The average molecular weight is 684 g/mol. The number of fused-ring (bicyclic) bond motifs is 5. The summed E-state index contributed by atoms with van der Waals surface area (Å²) in [5, 5.41) is 37.8. The van der Waals surface area contributed by atoms with E-state index in [1.165, 1.54) is 6.21 Å². The van der Waals surface area contributed by atoms with Gasteiger partial charge >= 0.3 is 0 Å². The number of phenolic OH excluding ortho intramolecular Hbond substituents is 3. The second-order valence-corrected chi connectivity index (χ2v) is 11.5. The highest BCUT2D eigenvalue weighted by atomic mass is 127. The summed E-state index contributed by atoms with van der Waals surface area (Å²) in [6, 6.07) is 1.58. The molecule has 3 aromatic rings. The molecule has 0 aliphatic heterocycles. The van der Waals surface area contributed by atoms with Crippen LogP contribution in [0.2, 0.25) is 0 Å². The summed E-state index contributed by atoms with van der Waals surface area (Å²) in [6.45, 7) is 3.56. The van der Waals surface area contributed by atoms with Crippen LogP contribution in [0.1, 0.15) is 78.5 Å². The van der Waals surface area contributed by atoms with Crippen molar-refractivity contribution in [3.63, 3.8) is 0 Å². The fraction of sp³-hybridized carbons (Fsp3) is 0.241. The number of aromatic hydroxyl groups is 3. The molecule has 0 fully saturated rings. The Morgan fingerprint density at radius 3 is 2.26 bits per heavy atom. The molecule has 4 N–H and O–H groups in total. The number of aromatic amines is 1. The van der Waals surface area contributed by atoms with E-state index >= 15 is 0 Å². The zero-order valence-corrected chi connectivity index (χ0v) is 24.4. The van der Waals surface area contributed by atoms with E-state index in [1.807, 2.05) is 22.6 Å². The van der Waals surface area contributed by atoms with Crippen LogP contribution in [0.25, 0.3) is 10.8 Å². The molecule has 1 aromatic heterocycles. The minimum atomic E-state index is -2.12. The van der Waals surface area contributed by atoms with Crippen molar-refractivity contribution in [2.75, 3.05) is 7.11 Å². The quantitative estimate of drug-likeness (QED) is 0.104. The first kappa shape index (κ1) is 27.6. The summed E-state index contributed by atoms with van der Waals surface area (Å²) in [7, 11) is 1.14. The van der Waals surface area contributed by atoms with Crippen molar-refractivity contribution < 1.29 is 44.1 Å². The predicted molar refractivity (Wildman–Crippen MR) is 155 cm³/mol. The maximum atomic E-state index is 14.1. The first-order valence-corrected chi connectivity index (χ1v) is 13.8. The van der Waals surface area contributed by atoms with Crippen molar-refractivity contribution in [3.05, 3.63) is 70.9 Å². The molecule has 1 spiro atoms. The van der Waals surface area contributed by atoms with Gasteiger partial charge in [-0.15, -0.1) is 0 Å². The number of halogens is 1. The standard InChI is InChI=1S/C29H21IN2O10/c1-9(2)42-31-8-10-6-12-15(28(40)32-10)25(37)20-11(21(12)30)4-5-29(20)26(38)18-19(27(29)39)24(36)17-16(23(18)35)13(33)7-14(41-3)22(17)34/h6-9,35-37H,4-5H2,1-3H3,(H,32,40)/t29-/m0/s1. The Bertz CT molecular complexity index is 1970. The molecule has 0 amide bonds. The van der Waals surface area contributed by atoms with E-state index in [0.29, 0.717) is 14.5 Å². The van der Waals surface area contributed by atoms with E-state index in [0.717, 1.165) is 13.2 Å². The van der Waals surface area contributed by atoms with Crippen LogP contribution in [0, 0.1) is 3.57 Å². The van der Waals surface area contributed by atoms with E-state index < -0.39 is 79.4 Å². The molecular weight excluding hydrogens is 663 g/mol. The molecule has 42 heavy (non-hydrogen) atoms. The van der Waals surface area contributed by atoms with Gasteiger partial charge in [0.1, 0.15) is 28.8 Å². The Kier molecular flexibility index (Phi) is 6.08. The summed E-state index contributed by atoms with van der Waals surface area (Å²) in [5.41, 5.74) is -4.78. The Labute approximate surface area is 249 Å². The van der Waals surface area contributed by atoms with Gasteiger partial charge in [0, 0.05) is 20.6 Å². The fourth-order valence-corrected chi connectivity index (χ4v) is 7.05. The second-order valence-electron chi connectivity index (χ2n) is 10.4. The van der Waals surface area contributed by atoms with Gasteiger partial charge in [0.2, 0.25) is 5.78 Å². The predicted octanol–water partition coefficient (Wildman–Crippen LogP) is 3.18. The van der Waals surface area contributed by atoms with Crippen LogP contribution in [0.5, 0.6) is 17.2 Å². The highest BCUT2D eigenvalue weighted by Crippen LogP contribution is 2.58. The number of benzene rings is 2. The minimum Gasteiger partial charge on any atom is -0.507 e. The third-order valence-electron chi connectivity index (χ3n) is 7.83. The number of nitrogens with zero attached hydrogens (tertiary/aromatic N) is 1. The molecule has 0 saturated heterocycles. The molecule has 0 bridgehead atoms. The summed E-state index contributed by atoms with van der Waals surface area (Å²) in [4.78, 5) is 75.0. The van der Waals surface area contributed by atoms with Crippen LogP contribution in [0.15, 0.2) is 27.9 Å². The number of oxime groups is 1. The van der Waals surface area contributed by atoms with Gasteiger partial charge in [-0.2, -0.15) is 0 Å². The summed E-state index contributed by atoms with van der Waals surface area (Å²) < 4.78 is 5.42. The molecular formula is C29H21IN2O10. The van der Waals surface area contributed by atoms with Gasteiger partial charge in [0.05, 0.1) is 46.7 Å². The van der Waals surface area contributed by atoms with Gasteiger partial charge in [-0.05, 0) is 60.9 Å². The average Bonchev–Trinajstić information content (AvgIpc) is 3.44. The van der Waals surface area contributed by atoms with E-state index in [-0.39, 0.29) is 35.6 Å². The number of Topliss-reactive ketones (excluding diaryl/α,β-unsaturated/α-hetero) is 3. The molecule has 2 aromatic carbocycles. The third kappa shape index (κ3) is 3.39. The van der Waals surface area contributed by atoms with Crippen molar-refractivity contribution in [2.45, 2.75) is 38.2 Å². The lowest BCUT2D eigenvalue weighted by Gasteiger charge is -2.23. The normalized spacial score (nSPS) is 19.2. The number of allylic oxidation sites excluding steroid dienone is 2. The Morgan fingerprint density at radius 2 is 1.64 bits per heavy atom. The zero-order chi connectivity index (χ0) is 30.4. The molecule has 1 heterocycles.